The zero-order valence-electron chi connectivity index (χ0n) is 13.4. The maximum Gasteiger partial charge on any atom is 0.0643 e. The Hall–Kier alpha value is -0.900. The highest BCUT2D eigenvalue weighted by Crippen LogP contribution is 2.41. The van der Waals surface area contributed by atoms with Gasteiger partial charge in [-0.1, -0.05) is 37.5 Å². The molecule has 0 amide bonds. The van der Waals surface area contributed by atoms with Crippen LogP contribution in [0.1, 0.15) is 54.8 Å². The molecule has 2 rings (SSSR count). The minimum absolute atomic E-state index is 0.134. The van der Waals surface area contributed by atoms with Gasteiger partial charge < -0.3 is 4.90 Å². The van der Waals surface area contributed by atoms with Gasteiger partial charge >= 0.3 is 0 Å². The molecule has 1 atom stereocenters. The van der Waals surface area contributed by atoms with Crippen molar-refractivity contribution < 1.29 is 0 Å². The van der Waals surface area contributed by atoms with E-state index in [9.17, 15) is 0 Å². The molecule has 0 spiro atoms. The Morgan fingerprint density at radius 3 is 2.25 bits per heavy atom. The van der Waals surface area contributed by atoms with Gasteiger partial charge in [0, 0.05) is 5.54 Å². The number of hydrogen-bond donors (Lipinski definition) is 2. The predicted octanol–water partition coefficient (Wildman–Crippen LogP) is 3.07. The molecular formula is C17H29N3. The van der Waals surface area contributed by atoms with Crippen molar-refractivity contribution >= 4 is 0 Å². The van der Waals surface area contributed by atoms with Gasteiger partial charge in [0.2, 0.25) is 0 Å². The molecule has 1 aromatic rings. The number of hydrazine groups is 1. The third-order valence-electron chi connectivity index (χ3n) is 5.18. The molecule has 112 valence electrons. The van der Waals surface area contributed by atoms with Gasteiger partial charge in [-0.05, 0) is 57.5 Å². The summed E-state index contributed by atoms with van der Waals surface area (Å²) in [6.45, 7) is 4.34. The summed E-state index contributed by atoms with van der Waals surface area (Å²) >= 11 is 0. The quantitative estimate of drug-likeness (QED) is 0.655. The molecule has 1 unspecified atom stereocenters. The third-order valence-corrected chi connectivity index (χ3v) is 5.18. The van der Waals surface area contributed by atoms with Crippen molar-refractivity contribution in [2.45, 2.75) is 57.5 Å². The molecule has 1 aromatic carbocycles. The highest BCUT2D eigenvalue weighted by molar-refractivity contribution is 5.33. The Labute approximate surface area is 123 Å². The molecule has 1 fully saturated rings. The molecule has 0 aliphatic heterocycles. The van der Waals surface area contributed by atoms with Crippen LogP contribution in [0.5, 0.6) is 0 Å². The first-order chi connectivity index (χ1) is 9.51. The predicted molar refractivity (Wildman–Crippen MR) is 85.5 cm³/mol. The molecule has 0 heterocycles. The number of likely N-dealkylation sites (N-methyl/N-ethyl adjacent to an activating group) is 1. The van der Waals surface area contributed by atoms with Crippen LogP contribution < -0.4 is 11.3 Å². The maximum atomic E-state index is 5.97. The van der Waals surface area contributed by atoms with E-state index in [2.05, 4.69) is 56.5 Å². The molecule has 0 bridgehead atoms. The number of nitrogens with two attached hydrogens (primary N) is 1. The number of rotatable bonds is 4. The van der Waals surface area contributed by atoms with Gasteiger partial charge in [-0.2, -0.15) is 0 Å². The van der Waals surface area contributed by atoms with E-state index in [4.69, 9.17) is 5.84 Å². The van der Waals surface area contributed by atoms with E-state index in [1.807, 2.05) is 0 Å². The Bertz CT molecular complexity index is 448. The Balaban J connectivity index is 2.39. The van der Waals surface area contributed by atoms with Crippen molar-refractivity contribution in [3.05, 3.63) is 34.9 Å². The van der Waals surface area contributed by atoms with Crippen molar-refractivity contribution in [1.82, 2.24) is 10.3 Å². The van der Waals surface area contributed by atoms with Crippen LogP contribution in [-0.2, 0) is 0 Å². The molecule has 0 aromatic heterocycles. The van der Waals surface area contributed by atoms with Crippen LogP contribution in [0.2, 0.25) is 0 Å². The summed E-state index contributed by atoms with van der Waals surface area (Å²) in [5, 5.41) is 0. The minimum atomic E-state index is 0.134. The second kappa shape index (κ2) is 6.25. The van der Waals surface area contributed by atoms with Crippen LogP contribution in [0.25, 0.3) is 0 Å². The number of aryl methyl sites for hydroxylation is 2. The van der Waals surface area contributed by atoms with Crippen molar-refractivity contribution in [1.29, 1.82) is 0 Å². The zero-order chi connectivity index (χ0) is 14.8. The highest BCUT2D eigenvalue weighted by Gasteiger charge is 2.42. The van der Waals surface area contributed by atoms with Crippen molar-refractivity contribution in [2.24, 2.45) is 5.84 Å². The van der Waals surface area contributed by atoms with Crippen molar-refractivity contribution in [3.63, 3.8) is 0 Å². The van der Waals surface area contributed by atoms with E-state index >= 15 is 0 Å². The van der Waals surface area contributed by atoms with Gasteiger partial charge in [0.05, 0.1) is 6.04 Å². The SMILES string of the molecule is Cc1ccc(C(NN)C2(N(C)C)CCCCC2)cc1C. The molecule has 0 saturated heterocycles. The summed E-state index contributed by atoms with van der Waals surface area (Å²) in [6, 6.07) is 6.92. The number of benzene rings is 1. The molecule has 0 radical (unpaired) electrons. The van der Waals surface area contributed by atoms with E-state index in [1.54, 1.807) is 0 Å². The Morgan fingerprint density at radius 2 is 1.75 bits per heavy atom. The van der Waals surface area contributed by atoms with Gasteiger partial charge in [-0.25, -0.2) is 0 Å². The molecule has 3 N–H and O–H groups in total. The van der Waals surface area contributed by atoms with Crippen LogP contribution in [-0.4, -0.2) is 24.5 Å². The smallest absolute Gasteiger partial charge is 0.0643 e. The third kappa shape index (κ3) is 2.76. The summed E-state index contributed by atoms with van der Waals surface area (Å²) < 4.78 is 0. The lowest BCUT2D eigenvalue weighted by Crippen LogP contribution is -2.56. The van der Waals surface area contributed by atoms with Crippen molar-refractivity contribution in [3.8, 4) is 0 Å². The molecule has 1 aliphatic rings. The lowest BCUT2D eigenvalue weighted by molar-refractivity contribution is 0.0564. The van der Waals surface area contributed by atoms with Crippen molar-refractivity contribution in [2.75, 3.05) is 14.1 Å². The second-order valence-corrected chi connectivity index (χ2v) is 6.50. The molecule has 1 aliphatic carbocycles. The summed E-state index contributed by atoms with van der Waals surface area (Å²) in [4.78, 5) is 2.38. The number of nitrogens with zero attached hydrogens (tertiary/aromatic N) is 1. The van der Waals surface area contributed by atoms with Gasteiger partial charge in [0.1, 0.15) is 0 Å². The molecule has 1 saturated carbocycles. The first-order valence-corrected chi connectivity index (χ1v) is 7.72. The normalized spacial score (nSPS) is 20.1. The summed E-state index contributed by atoms with van der Waals surface area (Å²) in [6.07, 6.45) is 6.35. The Morgan fingerprint density at radius 1 is 1.10 bits per heavy atom. The van der Waals surface area contributed by atoms with E-state index in [0.29, 0.717) is 0 Å². The lowest BCUT2D eigenvalue weighted by Gasteiger charge is -2.48. The van der Waals surface area contributed by atoms with Gasteiger partial charge in [-0.3, -0.25) is 11.3 Å². The Kier molecular flexibility index (Phi) is 4.84. The summed E-state index contributed by atoms with van der Waals surface area (Å²) in [7, 11) is 4.38. The minimum Gasteiger partial charge on any atom is -0.302 e. The van der Waals surface area contributed by atoms with E-state index in [1.165, 1.54) is 48.8 Å². The largest absolute Gasteiger partial charge is 0.302 e. The van der Waals surface area contributed by atoms with Gasteiger partial charge in [-0.15, -0.1) is 0 Å². The van der Waals surface area contributed by atoms with Crippen LogP contribution >= 0.6 is 0 Å². The van der Waals surface area contributed by atoms with Crippen LogP contribution in [0.4, 0.5) is 0 Å². The summed E-state index contributed by atoms with van der Waals surface area (Å²) in [5.74, 6) is 5.97. The number of hydrogen-bond acceptors (Lipinski definition) is 3. The van der Waals surface area contributed by atoms with Crippen LogP contribution in [0.3, 0.4) is 0 Å². The van der Waals surface area contributed by atoms with E-state index < -0.39 is 0 Å². The fraction of sp³-hybridized carbons (Fsp3) is 0.647. The second-order valence-electron chi connectivity index (χ2n) is 6.50. The van der Waals surface area contributed by atoms with Crippen LogP contribution in [0, 0.1) is 13.8 Å². The highest BCUT2D eigenvalue weighted by atomic mass is 15.3. The average Bonchev–Trinajstić information content (AvgIpc) is 2.44. The summed E-state index contributed by atoms with van der Waals surface area (Å²) in [5.41, 5.74) is 7.24. The standard InChI is InChI=1S/C17H29N3/c1-13-8-9-15(12-14(13)2)16(19-18)17(20(3)4)10-6-5-7-11-17/h8-9,12,16,19H,5-7,10-11,18H2,1-4H3. The van der Waals surface area contributed by atoms with E-state index in [-0.39, 0.29) is 11.6 Å². The molecule has 3 nitrogen and oxygen atoms in total. The fourth-order valence-corrected chi connectivity index (χ4v) is 3.66. The maximum absolute atomic E-state index is 5.97. The topological polar surface area (TPSA) is 41.3 Å². The fourth-order valence-electron chi connectivity index (χ4n) is 3.66. The van der Waals surface area contributed by atoms with E-state index in [0.717, 1.165) is 0 Å². The molecule has 20 heavy (non-hydrogen) atoms. The number of nitrogens with one attached hydrogen (secondary N) is 1. The molecular weight excluding hydrogens is 246 g/mol. The molecule has 3 heteroatoms. The average molecular weight is 275 g/mol. The first-order valence-electron chi connectivity index (χ1n) is 7.72. The zero-order valence-corrected chi connectivity index (χ0v) is 13.4. The first kappa shape index (κ1) is 15.5. The lowest BCUT2D eigenvalue weighted by atomic mass is 9.73. The van der Waals surface area contributed by atoms with Crippen LogP contribution in [0.15, 0.2) is 18.2 Å². The van der Waals surface area contributed by atoms with Gasteiger partial charge in [0.15, 0.2) is 0 Å². The van der Waals surface area contributed by atoms with Gasteiger partial charge in [0.25, 0.3) is 0 Å². The monoisotopic (exact) mass is 275 g/mol.